The van der Waals surface area contributed by atoms with E-state index >= 15 is 0 Å². The van der Waals surface area contributed by atoms with Crippen LogP contribution in [0.2, 0.25) is 0 Å². The summed E-state index contributed by atoms with van der Waals surface area (Å²) in [6, 6.07) is 0. The highest BCUT2D eigenvalue weighted by Gasteiger charge is 2.60. The number of ether oxygens (including phenoxy) is 1. The Morgan fingerprint density at radius 1 is 1.24 bits per heavy atom. The van der Waals surface area contributed by atoms with E-state index in [-0.39, 0.29) is 5.97 Å². The summed E-state index contributed by atoms with van der Waals surface area (Å²) in [7, 11) is 1.44. The molecule has 0 spiro atoms. The molecule has 0 heterocycles. The van der Waals surface area contributed by atoms with Crippen LogP contribution in [-0.4, -0.2) is 23.8 Å². The number of rotatable bonds is 2. The Kier molecular flexibility index (Phi) is 3.23. The van der Waals surface area contributed by atoms with E-state index in [0.717, 1.165) is 38.5 Å². The maximum Gasteiger partial charge on any atom is 0.314 e. The van der Waals surface area contributed by atoms with Crippen molar-refractivity contribution in [1.82, 2.24) is 0 Å². The molecule has 0 radical (unpaired) electrons. The topological polar surface area (TPSA) is 46.5 Å². The second kappa shape index (κ2) is 4.27. The molecule has 0 aromatic rings. The lowest BCUT2D eigenvalue weighted by atomic mass is 9.52. The van der Waals surface area contributed by atoms with E-state index in [9.17, 15) is 9.90 Å². The molecular weight excluding hydrogens is 216 g/mol. The second-order valence-electron chi connectivity index (χ2n) is 6.31. The van der Waals surface area contributed by atoms with Crippen molar-refractivity contribution in [3.8, 4) is 0 Å². The molecule has 0 aromatic heterocycles. The first-order valence-corrected chi connectivity index (χ1v) is 6.74. The van der Waals surface area contributed by atoms with Gasteiger partial charge in [-0.15, -0.1) is 0 Å². The number of esters is 1. The lowest BCUT2D eigenvalue weighted by Crippen LogP contribution is -2.60. The van der Waals surface area contributed by atoms with Gasteiger partial charge in [0, 0.05) is 0 Å². The summed E-state index contributed by atoms with van der Waals surface area (Å²) in [6.45, 7) is 4.35. The number of carbonyl (C=O) groups is 1. The summed E-state index contributed by atoms with van der Waals surface area (Å²) in [5.41, 5.74) is -1.44. The van der Waals surface area contributed by atoms with Gasteiger partial charge in [-0.25, -0.2) is 0 Å². The molecule has 1 N–H and O–H groups in total. The first-order chi connectivity index (χ1) is 7.93. The Labute approximate surface area is 104 Å². The molecule has 2 unspecified atom stereocenters. The van der Waals surface area contributed by atoms with Gasteiger partial charge < -0.3 is 9.84 Å². The molecule has 2 fully saturated rings. The molecule has 2 saturated carbocycles. The van der Waals surface area contributed by atoms with Gasteiger partial charge in [0.15, 0.2) is 0 Å². The van der Waals surface area contributed by atoms with E-state index in [0.29, 0.717) is 11.8 Å². The van der Waals surface area contributed by atoms with Gasteiger partial charge in [0.05, 0.1) is 18.1 Å². The third-order valence-corrected chi connectivity index (χ3v) is 4.85. The molecule has 0 amide bonds. The average molecular weight is 240 g/mol. The fourth-order valence-corrected chi connectivity index (χ4v) is 4.05. The van der Waals surface area contributed by atoms with Gasteiger partial charge in [-0.2, -0.15) is 0 Å². The van der Waals surface area contributed by atoms with Crippen LogP contribution in [0.3, 0.4) is 0 Å². The van der Waals surface area contributed by atoms with E-state index in [1.54, 1.807) is 0 Å². The molecule has 3 nitrogen and oxygen atoms in total. The molecule has 2 aliphatic rings. The predicted octanol–water partition coefficient (Wildman–Crippen LogP) is 2.52. The maximum atomic E-state index is 12.2. The number of hydrogen-bond acceptors (Lipinski definition) is 3. The predicted molar refractivity (Wildman–Crippen MR) is 65.4 cm³/mol. The van der Waals surface area contributed by atoms with E-state index in [1.165, 1.54) is 7.11 Å². The number of aliphatic hydroxyl groups is 1. The minimum atomic E-state index is -0.803. The average Bonchev–Trinajstić information content (AvgIpc) is 2.23. The molecule has 17 heavy (non-hydrogen) atoms. The molecule has 0 bridgehead atoms. The minimum Gasteiger partial charge on any atom is -0.469 e. The van der Waals surface area contributed by atoms with E-state index < -0.39 is 11.0 Å². The Morgan fingerprint density at radius 3 is 2.12 bits per heavy atom. The Bertz CT molecular complexity index is 297. The Balaban J connectivity index is 2.32. The fourth-order valence-electron chi connectivity index (χ4n) is 4.05. The van der Waals surface area contributed by atoms with Crippen LogP contribution in [0.4, 0.5) is 0 Å². The summed E-state index contributed by atoms with van der Waals surface area (Å²) in [5.74, 6) is 0.781. The fraction of sp³-hybridized carbons (Fsp3) is 0.929. The summed E-state index contributed by atoms with van der Waals surface area (Å²) in [4.78, 5) is 12.2. The molecule has 0 saturated heterocycles. The summed E-state index contributed by atoms with van der Waals surface area (Å²) in [6.07, 6.45) is 5.23. The monoisotopic (exact) mass is 240 g/mol. The van der Waals surface area contributed by atoms with Crippen molar-refractivity contribution in [3.63, 3.8) is 0 Å². The highest BCUT2D eigenvalue weighted by Crippen LogP contribution is 2.56. The standard InChI is InChI=1S/C14H24O3/c1-10-7-11(2)9-13(8-10,12(15)17-3)14(16)5-4-6-14/h10-11,16H,4-9H2,1-3H3. The quantitative estimate of drug-likeness (QED) is 0.754. The molecule has 2 aliphatic carbocycles. The van der Waals surface area contributed by atoms with Crippen molar-refractivity contribution in [2.24, 2.45) is 17.3 Å². The normalized spacial score (nSPS) is 40.5. The van der Waals surface area contributed by atoms with E-state index in [2.05, 4.69) is 13.8 Å². The van der Waals surface area contributed by atoms with Gasteiger partial charge in [0.1, 0.15) is 0 Å². The van der Waals surface area contributed by atoms with Crippen molar-refractivity contribution in [2.45, 2.75) is 58.0 Å². The Morgan fingerprint density at radius 2 is 1.76 bits per heavy atom. The number of methoxy groups -OCH3 is 1. The highest BCUT2D eigenvalue weighted by molar-refractivity contribution is 5.79. The third kappa shape index (κ3) is 1.88. The van der Waals surface area contributed by atoms with E-state index in [1.807, 2.05) is 0 Å². The number of carbonyl (C=O) groups excluding carboxylic acids is 1. The molecule has 98 valence electrons. The molecular formula is C14H24O3. The maximum absolute atomic E-state index is 12.2. The van der Waals surface area contributed by atoms with Gasteiger partial charge in [0.25, 0.3) is 0 Å². The first-order valence-electron chi connectivity index (χ1n) is 6.74. The zero-order chi connectivity index (χ0) is 12.7. The van der Waals surface area contributed by atoms with Crippen molar-refractivity contribution in [3.05, 3.63) is 0 Å². The second-order valence-corrected chi connectivity index (χ2v) is 6.31. The van der Waals surface area contributed by atoms with Crippen molar-refractivity contribution in [1.29, 1.82) is 0 Å². The zero-order valence-corrected chi connectivity index (χ0v) is 11.2. The van der Waals surface area contributed by atoms with Crippen molar-refractivity contribution >= 4 is 5.97 Å². The molecule has 0 aliphatic heterocycles. The zero-order valence-electron chi connectivity index (χ0n) is 11.2. The lowest BCUT2D eigenvalue weighted by molar-refractivity contribution is -0.201. The van der Waals surface area contributed by atoms with Gasteiger partial charge >= 0.3 is 5.97 Å². The summed E-state index contributed by atoms with van der Waals surface area (Å²) < 4.78 is 5.01. The van der Waals surface area contributed by atoms with Crippen LogP contribution in [0.5, 0.6) is 0 Å². The van der Waals surface area contributed by atoms with Gasteiger partial charge in [0.2, 0.25) is 0 Å². The first kappa shape index (κ1) is 12.9. The smallest absolute Gasteiger partial charge is 0.314 e. The lowest BCUT2D eigenvalue weighted by Gasteiger charge is -2.54. The van der Waals surface area contributed by atoms with Gasteiger partial charge in [-0.05, 0) is 50.4 Å². The van der Waals surface area contributed by atoms with Crippen LogP contribution in [0.15, 0.2) is 0 Å². The van der Waals surface area contributed by atoms with Crippen LogP contribution < -0.4 is 0 Å². The molecule has 3 heteroatoms. The summed E-state index contributed by atoms with van der Waals surface area (Å²) in [5, 5.41) is 10.7. The largest absolute Gasteiger partial charge is 0.469 e. The van der Waals surface area contributed by atoms with Gasteiger partial charge in [-0.3, -0.25) is 4.79 Å². The van der Waals surface area contributed by atoms with Crippen LogP contribution in [0, 0.1) is 17.3 Å². The van der Waals surface area contributed by atoms with Crippen LogP contribution in [-0.2, 0) is 9.53 Å². The molecule has 2 atom stereocenters. The van der Waals surface area contributed by atoms with Crippen LogP contribution >= 0.6 is 0 Å². The molecule has 0 aromatic carbocycles. The number of hydrogen-bond donors (Lipinski definition) is 1. The molecule has 2 rings (SSSR count). The van der Waals surface area contributed by atoms with Gasteiger partial charge in [-0.1, -0.05) is 13.8 Å². The van der Waals surface area contributed by atoms with E-state index in [4.69, 9.17) is 4.74 Å². The minimum absolute atomic E-state index is 0.196. The Hall–Kier alpha value is -0.570. The SMILES string of the molecule is COC(=O)C1(C2(O)CCC2)CC(C)CC(C)C1. The third-order valence-electron chi connectivity index (χ3n) is 4.85. The van der Waals surface area contributed by atoms with Crippen LogP contribution in [0.1, 0.15) is 52.4 Å². The van der Waals surface area contributed by atoms with Crippen molar-refractivity contribution in [2.75, 3.05) is 7.11 Å². The summed E-state index contributed by atoms with van der Waals surface area (Å²) >= 11 is 0. The van der Waals surface area contributed by atoms with Crippen LogP contribution in [0.25, 0.3) is 0 Å². The highest BCUT2D eigenvalue weighted by atomic mass is 16.5. The van der Waals surface area contributed by atoms with Crippen molar-refractivity contribution < 1.29 is 14.6 Å².